The first kappa shape index (κ1) is 21.2. The Morgan fingerprint density at radius 3 is 2.75 bits per heavy atom. The van der Waals surface area contributed by atoms with E-state index in [9.17, 15) is 13.2 Å². The van der Waals surface area contributed by atoms with Gasteiger partial charge in [0.15, 0.2) is 5.13 Å². The number of rotatable bonds is 6. The van der Waals surface area contributed by atoms with E-state index < -0.39 is 15.9 Å². The molecule has 0 fully saturated rings. The summed E-state index contributed by atoms with van der Waals surface area (Å²) in [4.78, 5) is 18.5. The summed E-state index contributed by atoms with van der Waals surface area (Å²) in [6, 6.07) is 4.21. The molecule has 0 saturated carbocycles. The minimum absolute atomic E-state index is 0.0537. The Morgan fingerprint density at radius 2 is 2.07 bits per heavy atom. The van der Waals surface area contributed by atoms with Crippen molar-refractivity contribution in [3.8, 4) is 0 Å². The molecular formula is C19H24ClN3O3S2. The lowest BCUT2D eigenvalue weighted by atomic mass is 9.93. The molecular weight excluding hydrogens is 418 g/mol. The fourth-order valence-corrected chi connectivity index (χ4v) is 6.16. The number of thiazole rings is 1. The molecule has 6 nitrogen and oxygen atoms in total. The number of hydrogen-bond acceptors (Lipinski definition) is 5. The van der Waals surface area contributed by atoms with E-state index in [1.165, 1.54) is 38.7 Å². The van der Waals surface area contributed by atoms with Gasteiger partial charge in [-0.25, -0.2) is 13.4 Å². The van der Waals surface area contributed by atoms with E-state index in [0.717, 1.165) is 25.0 Å². The summed E-state index contributed by atoms with van der Waals surface area (Å²) in [6.07, 6.45) is 2.99. The molecule has 1 heterocycles. The Bertz CT molecular complexity index is 984. The van der Waals surface area contributed by atoms with Crippen LogP contribution in [0.15, 0.2) is 23.1 Å². The summed E-state index contributed by atoms with van der Waals surface area (Å²) in [5.74, 6) is 0.161. The quantitative estimate of drug-likeness (QED) is 0.728. The van der Waals surface area contributed by atoms with Crippen molar-refractivity contribution in [2.45, 2.75) is 44.9 Å². The van der Waals surface area contributed by atoms with Gasteiger partial charge in [-0.05, 0) is 43.4 Å². The normalized spacial score (nSPS) is 16.8. The number of anilines is 1. The highest BCUT2D eigenvalue weighted by Crippen LogP contribution is 2.32. The van der Waals surface area contributed by atoms with Crippen molar-refractivity contribution in [2.24, 2.45) is 5.92 Å². The minimum atomic E-state index is -3.67. The van der Waals surface area contributed by atoms with E-state index in [1.807, 2.05) is 0 Å². The molecule has 0 spiro atoms. The molecule has 1 aliphatic carbocycles. The van der Waals surface area contributed by atoms with Crippen LogP contribution in [0, 0.1) is 5.92 Å². The van der Waals surface area contributed by atoms with Gasteiger partial charge in [-0.1, -0.05) is 32.4 Å². The maximum atomic E-state index is 12.8. The SMILES string of the molecule is CCN(CC)S(=O)(=O)c1ccc(Cl)c(C(=O)Nc2nc3c(s2)CC(C)CC3)c1. The summed E-state index contributed by atoms with van der Waals surface area (Å²) in [5.41, 5.74) is 1.17. The molecule has 0 saturated heterocycles. The first-order valence-corrected chi connectivity index (χ1v) is 12.0. The number of halogens is 1. The van der Waals surface area contributed by atoms with Crippen molar-refractivity contribution in [1.82, 2.24) is 9.29 Å². The van der Waals surface area contributed by atoms with E-state index in [1.54, 1.807) is 13.8 Å². The first-order valence-electron chi connectivity index (χ1n) is 9.35. The van der Waals surface area contributed by atoms with Crippen molar-refractivity contribution in [3.63, 3.8) is 0 Å². The lowest BCUT2D eigenvalue weighted by Gasteiger charge is -2.19. The largest absolute Gasteiger partial charge is 0.298 e. The zero-order valence-corrected chi connectivity index (χ0v) is 18.5. The first-order chi connectivity index (χ1) is 13.3. The molecule has 0 radical (unpaired) electrons. The summed E-state index contributed by atoms with van der Waals surface area (Å²) < 4.78 is 26.8. The van der Waals surface area contributed by atoms with Gasteiger partial charge in [0.25, 0.3) is 5.91 Å². The second kappa shape index (κ2) is 8.49. The molecule has 9 heteroatoms. The molecule has 0 aliphatic heterocycles. The summed E-state index contributed by atoms with van der Waals surface area (Å²) in [6.45, 7) is 6.46. The van der Waals surface area contributed by atoms with E-state index in [0.29, 0.717) is 24.1 Å². The van der Waals surface area contributed by atoms with Crippen LogP contribution in [0.4, 0.5) is 5.13 Å². The van der Waals surface area contributed by atoms with Crippen LogP contribution in [-0.4, -0.2) is 36.7 Å². The number of fused-ring (bicyclic) bond motifs is 1. The van der Waals surface area contributed by atoms with Gasteiger partial charge in [0.05, 0.1) is 21.2 Å². The average molecular weight is 442 g/mol. The van der Waals surface area contributed by atoms with Crippen LogP contribution in [0.1, 0.15) is 48.1 Å². The molecule has 152 valence electrons. The van der Waals surface area contributed by atoms with Crippen LogP contribution in [0.3, 0.4) is 0 Å². The smallest absolute Gasteiger partial charge is 0.259 e. The van der Waals surface area contributed by atoms with Crippen molar-refractivity contribution < 1.29 is 13.2 Å². The van der Waals surface area contributed by atoms with E-state index in [2.05, 4.69) is 17.2 Å². The lowest BCUT2D eigenvalue weighted by molar-refractivity contribution is 0.102. The van der Waals surface area contributed by atoms with Crippen LogP contribution in [0.2, 0.25) is 5.02 Å². The number of benzene rings is 1. The third-order valence-electron chi connectivity index (χ3n) is 4.93. The maximum absolute atomic E-state index is 12.8. The van der Waals surface area contributed by atoms with Gasteiger partial charge in [-0.3, -0.25) is 10.1 Å². The van der Waals surface area contributed by atoms with E-state index in [4.69, 9.17) is 11.6 Å². The van der Waals surface area contributed by atoms with Crippen molar-refractivity contribution in [2.75, 3.05) is 18.4 Å². The molecule has 1 N–H and O–H groups in total. The minimum Gasteiger partial charge on any atom is -0.298 e. The maximum Gasteiger partial charge on any atom is 0.259 e. The number of amides is 1. The zero-order chi connectivity index (χ0) is 20.5. The Balaban J connectivity index is 1.86. The van der Waals surface area contributed by atoms with Gasteiger partial charge in [-0.2, -0.15) is 4.31 Å². The fourth-order valence-electron chi connectivity index (χ4n) is 3.31. The number of nitrogens with one attached hydrogen (secondary N) is 1. The molecule has 1 aliphatic rings. The second-order valence-corrected chi connectivity index (χ2v) is 10.4. The molecule has 1 aromatic carbocycles. The van der Waals surface area contributed by atoms with Gasteiger partial charge >= 0.3 is 0 Å². The van der Waals surface area contributed by atoms with Crippen LogP contribution in [-0.2, 0) is 22.9 Å². The molecule has 1 atom stereocenters. The number of hydrogen-bond donors (Lipinski definition) is 1. The third-order valence-corrected chi connectivity index (χ3v) is 8.34. The fraction of sp³-hybridized carbons (Fsp3) is 0.474. The zero-order valence-electron chi connectivity index (χ0n) is 16.2. The number of carbonyl (C=O) groups excluding carboxylic acids is 1. The van der Waals surface area contributed by atoms with Crippen molar-refractivity contribution in [3.05, 3.63) is 39.4 Å². The van der Waals surface area contributed by atoms with Gasteiger partial charge in [0.1, 0.15) is 0 Å². The van der Waals surface area contributed by atoms with Crippen LogP contribution in [0.5, 0.6) is 0 Å². The highest BCUT2D eigenvalue weighted by molar-refractivity contribution is 7.89. The van der Waals surface area contributed by atoms with Crippen molar-refractivity contribution >= 4 is 44.0 Å². The van der Waals surface area contributed by atoms with Gasteiger partial charge in [0.2, 0.25) is 10.0 Å². The molecule has 3 rings (SSSR count). The Labute approximate surface area is 175 Å². The van der Waals surface area contributed by atoms with Gasteiger partial charge in [0, 0.05) is 18.0 Å². The molecule has 1 amide bonds. The third kappa shape index (κ3) is 4.25. The predicted molar refractivity (Wildman–Crippen MR) is 113 cm³/mol. The summed E-state index contributed by atoms with van der Waals surface area (Å²) >= 11 is 7.67. The summed E-state index contributed by atoms with van der Waals surface area (Å²) in [5, 5.41) is 3.51. The number of carbonyl (C=O) groups is 1. The molecule has 2 aromatic rings. The Kier molecular flexibility index (Phi) is 6.44. The molecule has 1 unspecified atom stereocenters. The lowest BCUT2D eigenvalue weighted by Crippen LogP contribution is -2.30. The number of nitrogens with zero attached hydrogens (tertiary/aromatic N) is 2. The molecule has 0 bridgehead atoms. The average Bonchev–Trinajstić information content (AvgIpc) is 3.03. The molecule has 28 heavy (non-hydrogen) atoms. The Morgan fingerprint density at radius 1 is 1.36 bits per heavy atom. The summed E-state index contributed by atoms with van der Waals surface area (Å²) in [7, 11) is -3.67. The highest BCUT2D eigenvalue weighted by atomic mass is 35.5. The standard InChI is InChI=1S/C19H24ClN3O3S2/c1-4-23(5-2)28(25,26)13-7-8-15(20)14(11-13)18(24)22-19-21-16-9-6-12(3)10-17(16)27-19/h7-8,11-12H,4-6,9-10H2,1-3H3,(H,21,22,24). The Hall–Kier alpha value is -1.48. The topological polar surface area (TPSA) is 79.4 Å². The number of sulfonamides is 1. The van der Waals surface area contributed by atoms with E-state index in [-0.39, 0.29) is 15.5 Å². The predicted octanol–water partition coefficient (Wildman–Crippen LogP) is 4.20. The van der Waals surface area contributed by atoms with Crippen molar-refractivity contribution in [1.29, 1.82) is 0 Å². The van der Waals surface area contributed by atoms with Crippen LogP contribution < -0.4 is 5.32 Å². The van der Waals surface area contributed by atoms with E-state index >= 15 is 0 Å². The second-order valence-electron chi connectivity index (χ2n) is 6.92. The van der Waals surface area contributed by atoms with Gasteiger partial charge in [-0.15, -0.1) is 11.3 Å². The monoisotopic (exact) mass is 441 g/mol. The van der Waals surface area contributed by atoms with Crippen LogP contribution in [0.25, 0.3) is 0 Å². The van der Waals surface area contributed by atoms with Gasteiger partial charge < -0.3 is 0 Å². The number of aromatic nitrogens is 1. The molecule has 1 aromatic heterocycles. The highest BCUT2D eigenvalue weighted by Gasteiger charge is 2.25. The number of aryl methyl sites for hydroxylation is 1. The van der Waals surface area contributed by atoms with Crippen LogP contribution >= 0.6 is 22.9 Å².